The van der Waals surface area contributed by atoms with Gasteiger partial charge in [0.05, 0.1) is 0 Å². The van der Waals surface area contributed by atoms with Crippen molar-refractivity contribution in [1.29, 1.82) is 0 Å². The lowest BCUT2D eigenvalue weighted by Crippen LogP contribution is -1.73. The number of hydrogen-bond donors (Lipinski definition) is 0. The maximum absolute atomic E-state index is 4.44. The highest BCUT2D eigenvalue weighted by atomic mass is 16.6. The predicted molar refractivity (Wildman–Crippen MR) is 40.7 cm³/mol. The van der Waals surface area contributed by atoms with Crippen LogP contribution in [0.3, 0.4) is 0 Å². The smallest absolute Gasteiger partial charge is 0.107 e. The molecule has 1 radical (unpaired) electrons. The topological polar surface area (TPSA) is 21.6 Å². The Kier molecular flexibility index (Phi) is 3.04. The molecule has 0 saturated heterocycles. The third-order valence-electron chi connectivity index (χ3n) is 1.49. The maximum atomic E-state index is 4.44. The molecule has 0 heterocycles. The van der Waals surface area contributed by atoms with Gasteiger partial charge in [0.1, 0.15) is 7.11 Å². The Labute approximate surface area is 61.6 Å². The summed E-state index contributed by atoms with van der Waals surface area (Å²) >= 11 is 0. The molecular formula is C8H12NO. The van der Waals surface area contributed by atoms with Gasteiger partial charge < -0.3 is 4.84 Å². The first-order valence-corrected chi connectivity index (χ1v) is 3.57. The fourth-order valence-corrected chi connectivity index (χ4v) is 0.784. The van der Waals surface area contributed by atoms with E-state index in [9.17, 15) is 0 Å². The van der Waals surface area contributed by atoms with Crippen LogP contribution in [0, 0.1) is 12.3 Å². The van der Waals surface area contributed by atoms with Crippen molar-refractivity contribution < 1.29 is 4.84 Å². The Balaban J connectivity index is 1.97. The van der Waals surface area contributed by atoms with Gasteiger partial charge in [-0.2, -0.15) is 0 Å². The van der Waals surface area contributed by atoms with E-state index in [2.05, 4.69) is 22.3 Å². The van der Waals surface area contributed by atoms with Crippen LogP contribution in [0.4, 0.5) is 0 Å². The van der Waals surface area contributed by atoms with Crippen LogP contribution < -0.4 is 0 Å². The van der Waals surface area contributed by atoms with Gasteiger partial charge in [-0.3, -0.25) is 0 Å². The van der Waals surface area contributed by atoms with Crippen LogP contribution in [0.5, 0.6) is 0 Å². The van der Waals surface area contributed by atoms with E-state index in [1.807, 2.05) is 6.08 Å². The number of rotatable bonds is 4. The Morgan fingerprint density at radius 3 is 3.30 bits per heavy atom. The zero-order valence-electron chi connectivity index (χ0n) is 6.21. The molecule has 0 aromatic heterocycles. The highest BCUT2D eigenvalue weighted by Crippen LogP contribution is 2.31. The van der Waals surface area contributed by atoms with Crippen molar-refractivity contribution in [2.24, 2.45) is 11.1 Å². The standard InChI is InChI=1S/C8H12NO/c1-10-9-7-3-2-4-8-5-6-8/h3,5,8H,2,4,6H2,1H3. The second-order valence-electron chi connectivity index (χ2n) is 2.42. The molecule has 0 aromatic rings. The van der Waals surface area contributed by atoms with E-state index in [0.717, 1.165) is 12.3 Å². The van der Waals surface area contributed by atoms with Crippen LogP contribution >= 0.6 is 0 Å². The second-order valence-corrected chi connectivity index (χ2v) is 2.42. The zero-order valence-corrected chi connectivity index (χ0v) is 6.21. The lowest BCUT2D eigenvalue weighted by atomic mass is 10.2. The van der Waals surface area contributed by atoms with E-state index in [1.165, 1.54) is 20.0 Å². The van der Waals surface area contributed by atoms with Gasteiger partial charge in [-0.15, -0.1) is 0 Å². The molecule has 1 atom stereocenters. The van der Waals surface area contributed by atoms with Crippen molar-refractivity contribution >= 4 is 5.87 Å². The van der Waals surface area contributed by atoms with E-state index in [-0.39, 0.29) is 0 Å². The fraction of sp³-hybridized carbons (Fsp3) is 0.625. The highest BCUT2D eigenvalue weighted by molar-refractivity contribution is 5.50. The van der Waals surface area contributed by atoms with Gasteiger partial charge in [-0.25, -0.2) is 0 Å². The van der Waals surface area contributed by atoms with Crippen molar-refractivity contribution in [2.45, 2.75) is 19.3 Å². The fourth-order valence-electron chi connectivity index (χ4n) is 0.784. The molecule has 1 aliphatic rings. The first-order valence-electron chi connectivity index (χ1n) is 3.57. The summed E-state index contributed by atoms with van der Waals surface area (Å²) in [4.78, 5) is 4.44. The molecule has 1 aliphatic carbocycles. The van der Waals surface area contributed by atoms with Gasteiger partial charge in [-0.1, -0.05) is 0 Å². The SMILES string of the molecule is CON=C=CCCC1[CH]C1. The summed E-state index contributed by atoms with van der Waals surface area (Å²) in [5.74, 6) is 3.56. The van der Waals surface area contributed by atoms with Gasteiger partial charge in [0.15, 0.2) is 0 Å². The first-order chi connectivity index (χ1) is 4.93. The quantitative estimate of drug-likeness (QED) is 0.428. The van der Waals surface area contributed by atoms with Gasteiger partial charge >= 0.3 is 0 Å². The Morgan fingerprint density at radius 1 is 1.90 bits per heavy atom. The summed E-state index contributed by atoms with van der Waals surface area (Å²) < 4.78 is 0. The number of allylic oxidation sites excluding steroid dienone is 1. The Morgan fingerprint density at radius 2 is 2.70 bits per heavy atom. The molecule has 0 aromatic carbocycles. The third kappa shape index (κ3) is 3.31. The molecule has 1 fully saturated rings. The highest BCUT2D eigenvalue weighted by Gasteiger charge is 2.19. The van der Waals surface area contributed by atoms with Crippen molar-refractivity contribution in [2.75, 3.05) is 7.11 Å². The van der Waals surface area contributed by atoms with Gasteiger partial charge in [0.2, 0.25) is 0 Å². The second kappa shape index (κ2) is 4.13. The van der Waals surface area contributed by atoms with Gasteiger partial charge in [0.25, 0.3) is 0 Å². The van der Waals surface area contributed by atoms with Crippen LogP contribution in [0.2, 0.25) is 0 Å². The summed E-state index contributed by atoms with van der Waals surface area (Å²) in [6.45, 7) is 0. The normalized spacial score (nSPS) is 15.7. The van der Waals surface area contributed by atoms with Crippen molar-refractivity contribution in [3.63, 3.8) is 0 Å². The van der Waals surface area contributed by atoms with E-state index in [0.29, 0.717) is 0 Å². The summed E-state index contributed by atoms with van der Waals surface area (Å²) in [5.41, 5.74) is 0. The molecule has 0 bridgehead atoms. The molecule has 10 heavy (non-hydrogen) atoms. The lowest BCUT2D eigenvalue weighted by Gasteiger charge is -1.85. The van der Waals surface area contributed by atoms with Gasteiger partial charge in [0, 0.05) is 5.87 Å². The minimum Gasteiger partial charge on any atom is -0.392 e. The minimum atomic E-state index is 0.876. The third-order valence-corrected chi connectivity index (χ3v) is 1.49. The molecule has 1 rings (SSSR count). The zero-order chi connectivity index (χ0) is 7.23. The van der Waals surface area contributed by atoms with Crippen molar-refractivity contribution in [3.05, 3.63) is 12.5 Å². The van der Waals surface area contributed by atoms with Crippen LogP contribution in [0.25, 0.3) is 0 Å². The monoisotopic (exact) mass is 138 g/mol. The molecule has 1 saturated carbocycles. The van der Waals surface area contributed by atoms with Crippen LogP contribution in [-0.4, -0.2) is 13.0 Å². The Bertz CT molecular complexity index is 143. The Hall–Kier alpha value is -0.750. The predicted octanol–water partition coefficient (Wildman–Crippen LogP) is 1.78. The molecule has 0 aliphatic heterocycles. The van der Waals surface area contributed by atoms with E-state index in [1.54, 1.807) is 0 Å². The number of hydrogen-bond acceptors (Lipinski definition) is 2. The lowest BCUT2D eigenvalue weighted by molar-refractivity contribution is 0.216. The van der Waals surface area contributed by atoms with Gasteiger partial charge in [-0.05, 0) is 42.8 Å². The molecule has 55 valence electrons. The molecule has 0 amide bonds. The average molecular weight is 138 g/mol. The van der Waals surface area contributed by atoms with E-state index in [4.69, 9.17) is 0 Å². The molecule has 2 heteroatoms. The summed E-state index contributed by atoms with van der Waals surface area (Å²) in [7, 11) is 1.52. The van der Waals surface area contributed by atoms with E-state index < -0.39 is 0 Å². The number of nitrogens with zero attached hydrogens (tertiary/aromatic N) is 1. The molecule has 0 N–H and O–H groups in total. The average Bonchev–Trinajstić information content (AvgIpc) is 2.71. The molecule has 0 spiro atoms. The molecular weight excluding hydrogens is 126 g/mol. The molecule has 1 unspecified atom stereocenters. The van der Waals surface area contributed by atoms with Crippen LogP contribution in [-0.2, 0) is 4.84 Å². The minimum absolute atomic E-state index is 0.876. The molecule has 2 nitrogen and oxygen atoms in total. The van der Waals surface area contributed by atoms with Crippen molar-refractivity contribution in [1.82, 2.24) is 0 Å². The van der Waals surface area contributed by atoms with Crippen molar-refractivity contribution in [3.8, 4) is 0 Å². The first kappa shape index (κ1) is 7.36. The van der Waals surface area contributed by atoms with E-state index >= 15 is 0 Å². The maximum Gasteiger partial charge on any atom is 0.107 e. The van der Waals surface area contributed by atoms with Crippen LogP contribution in [0.1, 0.15) is 19.3 Å². The van der Waals surface area contributed by atoms with Crippen LogP contribution in [0.15, 0.2) is 11.2 Å². The summed E-state index contributed by atoms with van der Waals surface area (Å²) in [5, 5.41) is 3.47. The largest absolute Gasteiger partial charge is 0.392 e. The summed E-state index contributed by atoms with van der Waals surface area (Å²) in [6.07, 6.45) is 7.84. The summed E-state index contributed by atoms with van der Waals surface area (Å²) in [6, 6.07) is 0.